The molecule has 1 saturated carbocycles. The molecule has 1 aliphatic rings. The van der Waals surface area contributed by atoms with Gasteiger partial charge in [0.05, 0.1) is 37.1 Å². The fourth-order valence-corrected chi connectivity index (χ4v) is 3.89. The molecule has 1 aliphatic carbocycles. The second-order valence-electron chi connectivity index (χ2n) is 9.21. The molecule has 0 spiro atoms. The molecule has 0 radical (unpaired) electrons. The Morgan fingerprint density at radius 1 is 0.900 bits per heavy atom. The van der Waals surface area contributed by atoms with Crippen molar-refractivity contribution in [2.75, 3.05) is 20.8 Å². The molecule has 30 heavy (non-hydrogen) atoms. The number of hydrogen-bond acceptors (Lipinski definition) is 4. The first-order valence-corrected chi connectivity index (χ1v) is 11.2. The lowest BCUT2D eigenvalue weighted by atomic mass is 9.99. The summed E-state index contributed by atoms with van der Waals surface area (Å²) in [6, 6.07) is 13.4. The summed E-state index contributed by atoms with van der Waals surface area (Å²) in [4.78, 5) is 0. The minimum atomic E-state index is 0.293. The third-order valence-corrected chi connectivity index (χ3v) is 5.69. The van der Waals surface area contributed by atoms with Gasteiger partial charge in [-0.2, -0.15) is 10.2 Å². The van der Waals surface area contributed by atoms with Crippen LogP contribution in [0.2, 0.25) is 0 Å². The lowest BCUT2D eigenvalue weighted by Crippen LogP contribution is -2.42. The maximum absolute atomic E-state index is 10.4. The number of aryl methyl sites for hydroxylation is 1. The zero-order valence-corrected chi connectivity index (χ0v) is 18.7. The summed E-state index contributed by atoms with van der Waals surface area (Å²) in [5, 5.41) is 19.0. The number of aromatic hydroxyl groups is 1. The van der Waals surface area contributed by atoms with Crippen LogP contribution in [0.15, 0.2) is 52.7 Å². The number of hydrogen-bond donors (Lipinski definition) is 1. The molecule has 0 aromatic heterocycles. The Morgan fingerprint density at radius 3 is 2.20 bits per heavy atom. The molecule has 5 nitrogen and oxygen atoms in total. The first kappa shape index (κ1) is 22.4. The normalized spacial score (nSPS) is 16.5. The van der Waals surface area contributed by atoms with E-state index in [2.05, 4.69) is 24.3 Å². The Kier molecular flexibility index (Phi) is 8.00. The largest absolute Gasteiger partial charge is 0.507 e. The highest BCUT2D eigenvalue weighted by atomic mass is 16.5. The summed E-state index contributed by atoms with van der Waals surface area (Å²) >= 11 is 0. The maximum atomic E-state index is 10.4. The van der Waals surface area contributed by atoms with Crippen LogP contribution in [-0.4, -0.2) is 36.5 Å². The number of azo groups is 1. The predicted octanol–water partition coefficient (Wildman–Crippen LogP) is 6.78. The summed E-state index contributed by atoms with van der Waals surface area (Å²) < 4.78 is 6.94. The summed E-state index contributed by atoms with van der Waals surface area (Å²) in [6.45, 7) is 3.36. The van der Waals surface area contributed by atoms with E-state index in [1.54, 1.807) is 12.1 Å². The Hall–Kier alpha value is -2.24. The number of ether oxygens (including phenoxy) is 1. The molecule has 1 fully saturated rings. The molecule has 2 aromatic carbocycles. The van der Waals surface area contributed by atoms with Gasteiger partial charge in [-0.25, -0.2) is 0 Å². The van der Waals surface area contributed by atoms with Gasteiger partial charge in [0.25, 0.3) is 0 Å². The van der Waals surface area contributed by atoms with Crippen LogP contribution < -0.4 is 0 Å². The van der Waals surface area contributed by atoms with Gasteiger partial charge < -0.3 is 14.3 Å². The van der Waals surface area contributed by atoms with Gasteiger partial charge in [-0.15, -0.1) is 0 Å². The Bertz CT molecular complexity index is 823. The van der Waals surface area contributed by atoms with Crippen molar-refractivity contribution in [1.82, 2.24) is 0 Å². The first-order chi connectivity index (χ1) is 14.4. The van der Waals surface area contributed by atoms with E-state index < -0.39 is 0 Å². The van der Waals surface area contributed by atoms with E-state index in [1.165, 1.54) is 50.5 Å². The molecular weight excluding hydrogens is 374 g/mol. The zero-order valence-electron chi connectivity index (χ0n) is 18.7. The van der Waals surface area contributed by atoms with Crippen LogP contribution >= 0.6 is 0 Å². The van der Waals surface area contributed by atoms with Crippen molar-refractivity contribution < 1.29 is 14.3 Å². The highest BCUT2D eigenvalue weighted by Gasteiger charge is 2.22. The molecular formula is C25H36N3O2+. The average Bonchev–Trinajstić information content (AvgIpc) is 2.69. The zero-order chi connectivity index (χ0) is 21.4. The number of phenolic OH excluding ortho intramolecular Hbond substituents is 1. The molecule has 5 heteroatoms. The number of quaternary nitrogens is 1. The fourth-order valence-electron chi connectivity index (χ4n) is 3.89. The SMILES string of the molecule is Cc1ccc(N=Nc2ccc(O)c(C[N+](C)(C)COC3CCCCCCC3)c2)cc1. The monoisotopic (exact) mass is 410 g/mol. The maximum Gasteiger partial charge on any atom is 0.183 e. The Balaban J connectivity index is 1.61. The lowest BCUT2D eigenvalue weighted by Gasteiger charge is -2.32. The van der Waals surface area contributed by atoms with Gasteiger partial charge in [0.15, 0.2) is 6.73 Å². The topological polar surface area (TPSA) is 54.2 Å². The van der Waals surface area contributed by atoms with E-state index >= 15 is 0 Å². The van der Waals surface area contributed by atoms with E-state index in [0.29, 0.717) is 29.6 Å². The van der Waals surface area contributed by atoms with Crippen LogP contribution in [0.1, 0.15) is 56.1 Å². The average molecular weight is 411 g/mol. The van der Waals surface area contributed by atoms with Crippen molar-refractivity contribution in [3.63, 3.8) is 0 Å². The van der Waals surface area contributed by atoms with Crippen molar-refractivity contribution in [2.45, 2.75) is 64.5 Å². The van der Waals surface area contributed by atoms with E-state index in [0.717, 1.165) is 16.9 Å². The van der Waals surface area contributed by atoms with Gasteiger partial charge in [0, 0.05) is 0 Å². The predicted molar refractivity (Wildman–Crippen MR) is 121 cm³/mol. The van der Waals surface area contributed by atoms with Gasteiger partial charge in [0.2, 0.25) is 0 Å². The van der Waals surface area contributed by atoms with Gasteiger partial charge in [0.1, 0.15) is 12.3 Å². The quantitative estimate of drug-likeness (QED) is 0.311. The summed E-state index contributed by atoms with van der Waals surface area (Å²) in [7, 11) is 4.28. The van der Waals surface area contributed by atoms with E-state index in [9.17, 15) is 5.11 Å². The minimum absolute atomic E-state index is 0.293. The van der Waals surface area contributed by atoms with Crippen LogP contribution in [0.4, 0.5) is 11.4 Å². The highest BCUT2D eigenvalue weighted by molar-refractivity contribution is 5.47. The molecule has 3 rings (SSSR count). The van der Waals surface area contributed by atoms with Crippen LogP contribution in [0.3, 0.4) is 0 Å². The molecule has 1 N–H and O–H groups in total. The number of benzene rings is 2. The van der Waals surface area contributed by atoms with Crippen molar-refractivity contribution in [2.24, 2.45) is 10.2 Å². The van der Waals surface area contributed by atoms with Crippen molar-refractivity contribution in [3.8, 4) is 5.75 Å². The van der Waals surface area contributed by atoms with Crippen LogP contribution in [-0.2, 0) is 11.3 Å². The molecule has 0 bridgehead atoms. The molecule has 0 atom stereocenters. The first-order valence-electron chi connectivity index (χ1n) is 11.2. The molecule has 0 unspecified atom stereocenters. The summed E-state index contributed by atoms with van der Waals surface area (Å²) in [5.74, 6) is 0.293. The van der Waals surface area contributed by atoms with Gasteiger partial charge in [-0.05, 0) is 50.1 Å². The van der Waals surface area contributed by atoms with Gasteiger partial charge in [-0.3, -0.25) is 0 Å². The molecule has 0 amide bonds. The summed E-state index contributed by atoms with van der Waals surface area (Å²) in [5.41, 5.74) is 3.62. The van der Waals surface area contributed by atoms with E-state index in [1.807, 2.05) is 37.3 Å². The minimum Gasteiger partial charge on any atom is -0.507 e. The van der Waals surface area contributed by atoms with Crippen molar-refractivity contribution >= 4 is 11.4 Å². The standard InChI is InChI=1S/C25H35N3O2/c1-20-11-13-22(14-12-20)26-27-23-15-16-25(29)21(17-23)18-28(2,3)19-30-24-9-7-5-4-6-8-10-24/h11-17,24H,4-10,18-19H2,1-3H3/p+1. The van der Waals surface area contributed by atoms with Crippen molar-refractivity contribution in [1.29, 1.82) is 0 Å². The molecule has 0 heterocycles. The molecule has 0 aliphatic heterocycles. The third-order valence-electron chi connectivity index (χ3n) is 5.69. The smallest absolute Gasteiger partial charge is 0.183 e. The summed E-state index contributed by atoms with van der Waals surface area (Å²) in [6.07, 6.45) is 9.27. The number of rotatable bonds is 7. The van der Waals surface area contributed by atoms with E-state index in [-0.39, 0.29) is 0 Å². The van der Waals surface area contributed by atoms with Crippen LogP contribution in [0.5, 0.6) is 5.75 Å². The number of nitrogens with zero attached hydrogens (tertiary/aromatic N) is 3. The van der Waals surface area contributed by atoms with Crippen LogP contribution in [0.25, 0.3) is 0 Å². The van der Waals surface area contributed by atoms with Gasteiger partial charge >= 0.3 is 0 Å². The van der Waals surface area contributed by atoms with Crippen molar-refractivity contribution in [3.05, 3.63) is 53.6 Å². The number of phenols is 1. The Labute approximate surface area is 181 Å². The second-order valence-corrected chi connectivity index (χ2v) is 9.21. The van der Waals surface area contributed by atoms with E-state index in [4.69, 9.17) is 4.74 Å². The molecule has 162 valence electrons. The fraction of sp³-hybridized carbons (Fsp3) is 0.520. The molecule has 0 saturated heterocycles. The Morgan fingerprint density at radius 2 is 1.50 bits per heavy atom. The molecule has 2 aromatic rings. The van der Waals surface area contributed by atoms with Crippen LogP contribution in [0, 0.1) is 6.92 Å². The second kappa shape index (κ2) is 10.7. The third kappa shape index (κ3) is 7.22. The highest BCUT2D eigenvalue weighted by Crippen LogP contribution is 2.28. The van der Waals surface area contributed by atoms with Gasteiger partial charge in [-0.1, -0.05) is 49.8 Å². The lowest BCUT2D eigenvalue weighted by molar-refractivity contribution is -0.923.